The molecule has 1 saturated heterocycles. The number of H-pyrrole nitrogens is 1. The molecule has 0 unspecified atom stereocenters. The first kappa shape index (κ1) is 17.3. The van der Waals surface area contributed by atoms with E-state index in [1.165, 1.54) is 0 Å². The number of aliphatic hydroxyl groups excluding tert-OH is 1. The van der Waals surface area contributed by atoms with Gasteiger partial charge in [0.1, 0.15) is 17.7 Å². The highest BCUT2D eigenvalue weighted by Gasteiger charge is 2.32. The van der Waals surface area contributed by atoms with Crippen LogP contribution in [0.3, 0.4) is 0 Å². The first-order chi connectivity index (χ1) is 11.8. The summed E-state index contributed by atoms with van der Waals surface area (Å²) in [6.07, 6.45) is 0.957. The van der Waals surface area contributed by atoms with Crippen LogP contribution in [0.2, 0.25) is 0 Å². The minimum atomic E-state index is -0.705. The number of nitrogens with one attached hydrogen (secondary N) is 1. The fourth-order valence-corrected chi connectivity index (χ4v) is 3.24. The van der Waals surface area contributed by atoms with Crippen molar-refractivity contribution in [2.24, 2.45) is 0 Å². The molecule has 9 heteroatoms. The van der Waals surface area contributed by atoms with E-state index >= 15 is 0 Å². The minimum absolute atomic E-state index is 0.0925. The van der Waals surface area contributed by atoms with Gasteiger partial charge in [-0.1, -0.05) is 0 Å². The molecule has 0 bridgehead atoms. The van der Waals surface area contributed by atoms with E-state index < -0.39 is 6.10 Å². The van der Waals surface area contributed by atoms with Gasteiger partial charge in [-0.15, -0.1) is 0 Å². The van der Waals surface area contributed by atoms with Gasteiger partial charge in [-0.2, -0.15) is 9.97 Å². The zero-order valence-electron chi connectivity index (χ0n) is 14.8. The predicted molar refractivity (Wildman–Crippen MR) is 93.7 cm³/mol. The number of rotatable bonds is 3. The van der Waals surface area contributed by atoms with Gasteiger partial charge in [0.2, 0.25) is 5.95 Å². The second kappa shape index (κ2) is 6.75. The lowest BCUT2D eigenvalue weighted by Gasteiger charge is -2.44. The van der Waals surface area contributed by atoms with Crippen molar-refractivity contribution < 1.29 is 5.11 Å². The lowest BCUT2D eigenvalue weighted by molar-refractivity contribution is 0.189. The van der Waals surface area contributed by atoms with Crippen molar-refractivity contribution in [3.63, 3.8) is 0 Å². The highest BCUT2D eigenvalue weighted by Crippen LogP contribution is 2.24. The summed E-state index contributed by atoms with van der Waals surface area (Å²) in [6, 6.07) is 2.03. The molecular weight excluding hydrogens is 322 g/mol. The topological polar surface area (TPSA) is 111 Å². The molecule has 0 aromatic carbocycles. The molecule has 0 radical (unpaired) electrons. The first-order valence-corrected chi connectivity index (χ1v) is 8.34. The Morgan fingerprint density at radius 3 is 2.52 bits per heavy atom. The van der Waals surface area contributed by atoms with E-state index in [4.69, 9.17) is 0 Å². The van der Waals surface area contributed by atoms with Crippen LogP contribution in [-0.4, -0.2) is 55.2 Å². The van der Waals surface area contributed by atoms with Crippen LogP contribution in [0.5, 0.6) is 0 Å². The van der Waals surface area contributed by atoms with Crippen molar-refractivity contribution in [1.82, 2.24) is 24.9 Å². The zero-order chi connectivity index (χ0) is 18.1. The molecule has 1 fully saturated rings. The summed E-state index contributed by atoms with van der Waals surface area (Å²) in [5.41, 5.74) is -0.387. The van der Waals surface area contributed by atoms with Crippen LogP contribution in [0.15, 0.2) is 17.1 Å². The molecule has 9 nitrogen and oxygen atoms in total. The van der Waals surface area contributed by atoms with Crippen molar-refractivity contribution in [1.29, 1.82) is 0 Å². The van der Waals surface area contributed by atoms with E-state index in [2.05, 4.69) is 48.6 Å². The fraction of sp³-hybridized carbons (Fsp3) is 0.562. The van der Waals surface area contributed by atoms with Gasteiger partial charge in [0.25, 0.3) is 0 Å². The minimum Gasteiger partial charge on any atom is -0.385 e. The number of hydrogen-bond acceptors (Lipinski definition) is 8. The summed E-state index contributed by atoms with van der Waals surface area (Å²) in [6.45, 7) is 8.94. The monoisotopic (exact) mass is 345 g/mol. The maximum absolute atomic E-state index is 11.7. The third-order valence-corrected chi connectivity index (χ3v) is 4.26. The largest absolute Gasteiger partial charge is 0.385 e. The first-order valence-electron chi connectivity index (χ1n) is 8.34. The molecule has 1 aliphatic heterocycles. The van der Waals surface area contributed by atoms with Crippen LogP contribution in [0.25, 0.3) is 0 Å². The van der Waals surface area contributed by atoms with Crippen LogP contribution in [0.1, 0.15) is 38.5 Å². The van der Waals surface area contributed by atoms with E-state index in [1.807, 2.05) is 6.07 Å². The molecule has 0 spiro atoms. The summed E-state index contributed by atoms with van der Waals surface area (Å²) >= 11 is 0. The van der Waals surface area contributed by atoms with Crippen LogP contribution < -0.4 is 15.5 Å². The third-order valence-electron chi connectivity index (χ3n) is 4.26. The van der Waals surface area contributed by atoms with Crippen molar-refractivity contribution in [3.05, 3.63) is 34.4 Å². The molecule has 2 aromatic rings. The molecule has 0 saturated carbocycles. The quantitative estimate of drug-likeness (QED) is 0.823. The molecule has 0 amide bonds. The summed E-state index contributed by atoms with van der Waals surface area (Å²) < 4.78 is 0. The van der Waals surface area contributed by atoms with E-state index in [9.17, 15) is 9.90 Å². The van der Waals surface area contributed by atoms with Gasteiger partial charge >= 0.3 is 5.69 Å². The molecule has 0 aliphatic carbocycles. The van der Waals surface area contributed by atoms with Crippen molar-refractivity contribution in [2.45, 2.75) is 45.9 Å². The Morgan fingerprint density at radius 2 is 1.92 bits per heavy atom. The summed E-state index contributed by atoms with van der Waals surface area (Å²) in [5, 5.41) is 9.69. The summed E-state index contributed by atoms with van der Waals surface area (Å²) in [4.78, 5) is 35.4. The van der Waals surface area contributed by atoms with Gasteiger partial charge in [0.15, 0.2) is 5.82 Å². The number of anilines is 2. The molecule has 3 rings (SSSR count). The van der Waals surface area contributed by atoms with Gasteiger partial charge in [0.05, 0.1) is 0 Å². The standard InChI is InChI=1S/C16H23N7O2/c1-9-7-22(13-5-6-17-14(20-13)11(3)24)8-10(2)23(9)15-18-12(4)19-16(25)21-15/h5-6,9-11,24H,7-8H2,1-4H3,(H,18,19,21,25)/t9-,10+,11-/m1/s1. The summed E-state index contributed by atoms with van der Waals surface area (Å²) in [7, 11) is 0. The third kappa shape index (κ3) is 3.60. The molecule has 2 aromatic heterocycles. The van der Waals surface area contributed by atoms with Crippen molar-refractivity contribution >= 4 is 11.8 Å². The molecule has 2 N–H and O–H groups in total. The van der Waals surface area contributed by atoms with E-state index in [0.717, 1.165) is 5.82 Å². The number of hydrogen-bond donors (Lipinski definition) is 2. The number of aryl methyl sites for hydroxylation is 1. The van der Waals surface area contributed by atoms with Crippen LogP contribution in [0.4, 0.5) is 11.8 Å². The molecule has 25 heavy (non-hydrogen) atoms. The maximum Gasteiger partial charge on any atom is 0.349 e. The van der Waals surface area contributed by atoms with Gasteiger partial charge in [-0.3, -0.25) is 4.98 Å². The lowest BCUT2D eigenvalue weighted by Crippen LogP contribution is -2.58. The second-order valence-electron chi connectivity index (χ2n) is 6.50. The van der Waals surface area contributed by atoms with Crippen LogP contribution in [0, 0.1) is 6.92 Å². The Bertz CT molecular complexity index is 795. The van der Waals surface area contributed by atoms with Crippen molar-refractivity contribution in [3.8, 4) is 0 Å². The van der Waals surface area contributed by atoms with Crippen LogP contribution in [-0.2, 0) is 0 Å². The smallest absolute Gasteiger partial charge is 0.349 e. The highest BCUT2D eigenvalue weighted by molar-refractivity contribution is 5.44. The number of aromatic nitrogens is 5. The molecule has 3 atom stereocenters. The molecule has 3 heterocycles. The van der Waals surface area contributed by atoms with E-state index in [-0.39, 0.29) is 17.8 Å². The van der Waals surface area contributed by atoms with E-state index in [1.54, 1.807) is 20.0 Å². The Balaban J connectivity index is 1.85. The Kier molecular flexibility index (Phi) is 4.67. The summed E-state index contributed by atoms with van der Waals surface area (Å²) in [5.74, 6) is 2.20. The van der Waals surface area contributed by atoms with Gasteiger partial charge in [-0.05, 0) is 33.8 Å². The Morgan fingerprint density at radius 1 is 1.24 bits per heavy atom. The SMILES string of the molecule is Cc1nc(N2[C@H](C)CN(c3ccnc([C@@H](C)O)n3)C[C@@H]2C)nc(=O)[nH]1. The van der Waals surface area contributed by atoms with Crippen LogP contribution >= 0.6 is 0 Å². The Labute approximate surface area is 145 Å². The van der Waals surface area contributed by atoms with Gasteiger partial charge in [-0.25, -0.2) is 14.8 Å². The highest BCUT2D eigenvalue weighted by atomic mass is 16.3. The van der Waals surface area contributed by atoms with Gasteiger partial charge < -0.3 is 14.9 Å². The number of aliphatic hydroxyl groups is 1. The second-order valence-corrected chi connectivity index (χ2v) is 6.50. The predicted octanol–water partition coefficient (Wildman–Crippen LogP) is 0.420. The molecule has 134 valence electrons. The van der Waals surface area contributed by atoms with Gasteiger partial charge in [0, 0.05) is 31.4 Å². The normalized spacial score (nSPS) is 22.1. The number of nitrogens with zero attached hydrogens (tertiary/aromatic N) is 6. The Hall–Kier alpha value is -2.55. The molecule has 1 aliphatic rings. The zero-order valence-corrected chi connectivity index (χ0v) is 14.8. The number of aromatic amines is 1. The average molecular weight is 345 g/mol. The molecular formula is C16H23N7O2. The average Bonchev–Trinajstić information content (AvgIpc) is 2.53. The van der Waals surface area contributed by atoms with Crippen molar-refractivity contribution in [2.75, 3.05) is 22.9 Å². The lowest BCUT2D eigenvalue weighted by atomic mass is 10.1. The van der Waals surface area contributed by atoms with E-state index in [0.29, 0.717) is 30.7 Å². The number of piperazine rings is 1. The fourth-order valence-electron chi connectivity index (χ4n) is 3.24. The maximum atomic E-state index is 11.7.